The van der Waals surface area contributed by atoms with Gasteiger partial charge in [-0.2, -0.15) is 8.42 Å². The van der Waals surface area contributed by atoms with Gasteiger partial charge in [0.25, 0.3) is 15.9 Å². The van der Waals surface area contributed by atoms with Gasteiger partial charge in [-0.1, -0.05) is 0 Å². The van der Waals surface area contributed by atoms with E-state index >= 15 is 0 Å². The number of rotatable bonds is 5. The van der Waals surface area contributed by atoms with Gasteiger partial charge >= 0.3 is 0 Å². The van der Waals surface area contributed by atoms with Crippen LogP contribution in [0, 0.1) is 13.8 Å². The summed E-state index contributed by atoms with van der Waals surface area (Å²) in [6.45, 7) is 4.62. The average molecular weight is 452 g/mol. The zero-order chi connectivity index (χ0) is 22.9. The summed E-state index contributed by atoms with van der Waals surface area (Å²) in [5.41, 5.74) is 3.64. The van der Waals surface area contributed by atoms with Crippen LogP contribution in [-0.4, -0.2) is 48.2 Å². The molecule has 1 N–H and O–H groups in total. The third kappa shape index (κ3) is 4.29. The average Bonchev–Trinajstić information content (AvgIpc) is 3.30. The van der Waals surface area contributed by atoms with Gasteiger partial charge in [-0.05, 0) is 62.7 Å². The van der Waals surface area contributed by atoms with Crippen LogP contribution in [-0.2, 0) is 10.0 Å². The minimum atomic E-state index is -3.79. The highest BCUT2D eigenvalue weighted by atomic mass is 32.2. The van der Waals surface area contributed by atoms with E-state index in [0.29, 0.717) is 23.5 Å². The molecule has 1 aliphatic rings. The van der Waals surface area contributed by atoms with E-state index in [2.05, 4.69) is 14.7 Å². The van der Waals surface area contributed by atoms with E-state index in [1.54, 1.807) is 24.5 Å². The molecule has 1 fully saturated rings. The molecule has 1 aromatic carbocycles. The van der Waals surface area contributed by atoms with Crippen molar-refractivity contribution >= 4 is 27.5 Å². The van der Waals surface area contributed by atoms with Crippen molar-refractivity contribution in [3.05, 3.63) is 71.8 Å². The molecule has 0 aliphatic carbocycles. The standard InChI is InChI=1S/C23H25N5O3S/c1-16-14-21(17(2)28(16)19-6-4-12-24-15-19)23(29)25-18-8-10-20(11-9-18)32(30,31)26-22-7-5-13-27(22)3/h4,6,8-12,14-15H,5,7,13H2,1-3H3,(H,25,29)/b26-22+. The van der Waals surface area contributed by atoms with E-state index in [0.717, 1.165) is 30.0 Å². The van der Waals surface area contributed by atoms with Crippen LogP contribution in [0.15, 0.2) is 64.2 Å². The Labute approximate surface area is 187 Å². The number of anilines is 1. The summed E-state index contributed by atoms with van der Waals surface area (Å²) in [6, 6.07) is 11.7. The molecule has 1 saturated heterocycles. The van der Waals surface area contributed by atoms with Crippen molar-refractivity contribution in [2.75, 3.05) is 18.9 Å². The van der Waals surface area contributed by atoms with Crippen LogP contribution in [0.5, 0.6) is 0 Å². The number of hydrogen-bond donors (Lipinski definition) is 1. The first-order chi connectivity index (χ1) is 15.3. The number of amides is 1. The number of amidine groups is 1. The van der Waals surface area contributed by atoms with E-state index in [4.69, 9.17) is 0 Å². The zero-order valence-corrected chi connectivity index (χ0v) is 19.1. The number of likely N-dealkylation sites (tertiary alicyclic amines) is 1. The fraction of sp³-hybridized carbons (Fsp3) is 0.261. The van der Waals surface area contributed by atoms with Crippen molar-refractivity contribution in [1.29, 1.82) is 0 Å². The highest BCUT2D eigenvalue weighted by Crippen LogP contribution is 2.23. The summed E-state index contributed by atoms with van der Waals surface area (Å²) >= 11 is 0. The third-order valence-electron chi connectivity index (χ3n) is 5.55. The molecule has 0 spiro atoms. The molecule has 4 rings (SSSR count). The Balaban J connectivity index is 1.53. The molecule has 2 aromatic heterocycles. The summed E-state index contributed by atoms with van der Waals surface area (Å²) in [7, 11) is -1.95. The Kier molecular flexibility index (Phi) is 5.84. The molecule has 32 heavy (non-hydrogen) atoms. The summed E-state index contributed by atoms with van der Waals surface area (Å²) in [6.07, 6.45) is 5.00. The lowest BCUT2D eigenvalue weighted by Gasteiger charge is -2.11. The summed E-state index contributed by atoms with van der Waals surface area (Å²) in [4.78, 5) is 19.0. The predicted octanol–water partition coefficient (Wildman–Crippen LogP) is 3.55. The van der Waals surface area contributed by atoms with Crippen LogP contribution < -0.4 is 5.32 Å². The van der Waals surface area contributed by atoms with Crippen molar-refractivity contribution < 1.29 is 13.2 Å². The van der Waals surface area contributed by atoms with Gasteiger partial charge in [0.15, 0.2) is 0 Å². The van der Waals surface area contributed by atoms with Crippen LogP contribution in [0.2, 0.25) is 0 Å². The maximum Gasteiger partial charge on any atom is 0.283 e. The third-order valence-corrected chi connectivity index (χ3v) is 6.87. The second kappa shape index (κ2) is 8.58. The fourth-order valence-corrected chi connectivity index (χ4v) is 4.98. The second-order valence-corrected chi connectivity index (χ2v) is 9.42. The number of nitrogens with one attached hydrogen (secondary N) is 1. The Morgan fingerprint density at radius 1 is 1.16 bits per heavy atom. The number of aromatic nitrogens is 2. The van der Waals surface area contributed by atoms with Crippen LogP contribution in [0.1, 0.15) is 34.6 Å². The number of nitrogens with zero attached hydrogens (tertiary/aromatic N) is 4. The van der Waals surface area contributed by atoms with E-state index in [1.807, 2.05) is 48.6 Å². The minimum absolute atomic E-state index is 0.0954. The maximum absolute atomic E-state index is 12.9. The monoisotopic (exact) mass is 451 g/mol. The van der Waals surface area contributed by atoms with Crippen molar-refractivity contribution in [3.63, 3.8) is 0 Å². The number of sulfonamides is 1. The molecule has 8 nitrogen and oxygen atoms in total. The van der Waals surface area contributed by atoms with Gasteiger partial charge in [0.05, 0.1) is 22.3 Å². The number of aryl methyl sites for hydroxylation is 1. The smallest absolute Gasteiger partial charge is 0.283 e. The number of benzene rings is 1. The molecule has 0 bridgehead atoms. The van der Waals surface area contributed by atoms with Crippen LogP contribution in [0.25, 0.3) is 5.69 Å². The van der Waals surface area contributed by atoms with Gasteiger partial charge in [-0.3, -0.25) is 9.78 Å². The van der Waals surface area contributed by atoms with Crippen molar-refractivity contribution in [3.8, 4) is 5.69 Å². The van der Waals surface area contributed by atoms with Gasteiger partial charge in [0.1, 0.15) is 5.84 Å². The molecule has 0 unspecified atom stereocenters. The lowest BCUT2D eigenvalue weighted by molar-refractivity contribution is 0.102. The van der Waals surface area contributed by atoms with Crippen LogP contribution in [0.3, 0.4) is 0 Å². The maximum atomic E-state index is 12.9. The summed E-state index contributed by atoms with van der Waals surface area (Å²) in [5, 5.41) is 2.84. The fourth-order valence-electron chi connectivity index (χ4n) is 3.89. The molecule has 166 valence electrons. The van der Waals surface area contributed by atoms with E-state index in [1.165, 1.54) is 12.1 Å². The van der Waals surface area contributed by atoms with Crippen LogP contribution in [0.4, 0.5) is 5.69 Å². The quantitative estimate of drug-likeness (QED) is 0.640. The van der Waals surface area contributed by atoms with E-state index < -0.39 is 10.0 Å². The molecule has 0 saturated carbocycles. The number of carbonyl (C=O) groups excluding carboxylic acids is 1. The van der Waals surface area contributed by atoms with Gasteiger partial charge in [0.2, 0.25) is 0 Å². The van der Waals surface area contributed by atoms with E-state index in [9.17, 15) is 13.2 Å². The normalized spacial score (nSPS) is 15.3. The number of pyridine rings is 1. The molecular formula is C23H25N5O3S. The van der Waals surface area contributed by atoms with Crippen molar-refractivity contribution in [2.24, 2.45) is 4.40 Å². The largest absolute Gasteiger partial charge is 0.362 e. The topological polar surface area (TPSA) is 96.7 Å². The molecule has 1 amide bonds. The highest BCUT2D eigenvalue weighted by molar-refractivity contribution is 7.90. The molecule has 9 heteroatoms. The molecule has 0 radical (unpaired) electrons. The summed E-state index contributed by atoms with van der Waals surface area (Å²) < 4.78 is 31.1. The molecule has 3 heterocycles. The first-order valence-corrected chi connectivity index (χ1v) is 11.8. The summed E-state index contributed by atoms with van der Waals surface area (Å²) in [5.74, 6) is 0.308. The highest BCUT2D eigenvalue weighted by Gasteiger charge is 2.21. The van der Waals surface area contributed by atoms with Crippen LogP contribution >= 0.6 is 0 Å². The van der Waals surface area contributed by atoms with Gasteiger partial charge in [0, 0.05) is 43.3 Å². The first-order valence-electron chi connectivity index (χ1n) is 10.3. The second-order valence-electron chi connectivity index (χ2n) is 7.82. The Morgan fingerprint density at radius 3 is 2.53 bits per heavy atom. The van der Waals surface area contributed by atoms with Crippen molar-refractivity contribution in [1.82, 2.24) is 14.5 Å². The zero-order valence-electron chi connectivity index (χ0n) is 18.2. The minimum Gasteiger partial charge on any atom is -0.362 e. The first kappa shape index (κ1) is 21.8. The Morgan fingerprint density at radius 2 is 1.91 bits per heavy atom. The van der Waals surface area contributed by atoms with Gasteiger partial charge < -0.3 is 14.8 Å². The van der Waals surface area contributed by atoms with E-state index in [-0.39, 0.29) is 10.8 Å². The Hall–Kier alpha value is -3.46. The van der Waals surface area contributed by atoms with Gasteiger partial charge in [-0.15, -0.1) is 4.40 Å². The SMILES string of the molecule is Cc1cc(C(=O)Nc2ccc(S(=O)(=O)/N=C3\CCCN3C)cc2)c(C)n1-c1cccnc1. The predicted molar refractivity (Wildman–Crippen MR) is 124 cm³/mol. The number of hydrogen-bond acceptors (Lipinski definition) is 4. The molecule has 1 aliphatic heterocycles. The van der Waals surface area contributed by atoms with Gasteiger partial charge in [-0.25, -0.2) is 0 Å². The van der Waals surface area contributed by atoms with Crippen molar-refractivity contribution in [2.45, 2.75) is 31.6 Å². The molecular weight excluding hydrogens is 426 g/mol. The molecule has 0 atom stereocenters. The lowest BCUT2D eigenvalue weighted by Crippen LogP contribution is -2.20. The molecule has 3 aromatic rings. The number of carbonyl (C=O) groups is 1. The Bertz CT molecular complexity index is 1280. The lowest BCUT2D eigenvalue weighted by atomic mass is 10.2.